The Labute approximate surface area is 715 Å². The molecule has 0 bridgehead atoms. The van der Waals surface area contributed by atoms with E-state index in [9.17, 15) is 58.4 Å². The molecule has 13 atom stereocenters. The van der Waals surface area contributed by atoms with E-state index < -0.39 is 143 Å². The number of esters is 4. The van der Waals surface area contributed by atoms with Gasteiger partial charge in [0.25, 0.3) is 0 Å². The minimum absolute atomic E-state index is 0.111. The summed E-state index contributed by atoms with van der Waals surface area (Å²) in [5, 5.41) is 41.2. The predicted molar refractivity (Wildman–Crippen MR) is 466 cm³/mol. The number of aliphatic hydroxyl groups excluding tert-OH is 3. The van der Waals surface area contributed by atoms with Crippen molar-refractivity contribution in [3.63, 3.8) is 0 Å². The fourth-order valence-electron chi connectivity index (χ4n) is 16.8. The van der Waals surface area contributed by atoms with Crippen molar-refractivity contribution in [2.75, 3.05) is 19.8 Å². The normalized spacial score (nSPS) is 22.5. The minimum Gasteiger partial charge on any atom is -0.462 e. The zero-order valence-corrected chi connectivity index (χ0v) is 76.1. The molecule has 0 spiro atoms. The van der Waals surface area contributed by atoms with Gasteiger partial charge in [-0.25, -0.2) is 4.57 Å². The predicted octanol–water partition coefficient (Wildman–Crippen LogP) is 21.5. The van der Waals surface area contributed by atoms with Crippen LogP contribution in [0.25, 0.3) is 0 Å². The van der Waals surface area contributed by atoms with Gasteiger partial charge in [0.05, 0.1) is 32.5 Å². The van der Waals surface area contributed by atoms with Crippen molar-refractivity contribution >= 4 is 43.5 Å². The summed E-state index contributed by atoms with van der Waals surface area (Å²) in [6.07, 6.45) is 45.0. The summed E-state index contributed by atoms with van der Waals surface area (Å²) in [5.41, 5.74) is 0. The number of unbranched alkanes of at least 4 members (excludes halogenated alkanes) is 46. The van der Waals surface area contributed by atoms with E-state index in [0.717, 1.165) is 173 Å². The maximum absolute atomic E-state index is 15.0. The van der Waals surface area contributed by atoms with Gasteiger partial charge >= 0.3 is 31.7 Å². The molecule has 0 aliphatic carbocycles. The smallest absolute Gasteiger partial charge is 0.462 e. The van der Waals surface area contributed by atoms with E-state index in [1.54, 1.807) is 0 Å². The highest BCUT2D eigenvalue weighted by Gasteiger charge is 2.54. The van der Waals surface area contributed by atoms with Gasteiger partial charge in [-0.15, -0.1) is 0 Å². The molecule has 3 aliphatic rings. The molecule has 3 aliphatic heterocycles. The van der Waals surface area contributed by atoms with E-state index in [0.29, 0.717) is 57.8 Å². The molecule has 7 N–H and O–H groups in total. The SMILES string of the molecule is CCCCCCCCCCCCCC(=O)O[C@H](CCCCCCCCCCC)CC(=O)N[C@H]1[C@H](O)O[C@@H]2COC3O[C@H](CO)[C@@H](OP(=O)(O)O)[C@H](OC(=O)C[C@@H](CCCCCCCCCCC)OC(=O)CCCCCCCCCCCCC)[C@H]3NC(=O)C[C@H](OC(=O)CCCCCCCCCCCCC)CCCCCCCCCOC2[C@@H]1O. The number of aliphatic hydroxyl groups is 3. The quantitative estimate of drug-likeness (QED) is 0.0129. The van der Waals surface area contributed by atoms with Gasteiger partial charge in [0, 0.05) is 25.9 Å². The van der Waals surface area contributed by atoms with Gasteiger partial charge in [0.2, 0.25) is 11.8 Å². The third kappa shape index (κ3) is 55.8. The molecular formula is C94H175N2O21P. The molecule has 0 aromatic heterocycles. The molecule has 24 heteroatoms. The summed E-state index contributed by atoms with van der Waals surface area (Å²) >= 11 is 0. The van der Waals surface area contributed by atoms with Crippen LogP contribution in [0.4, 0.5) is 0 Å². The molecule has 0 radical (unpaired) electrons. The Morgan fingerprint density at radius 2 is 0.839 bits per heavy atom. The second-order valence-electron chi connectivity index (χ2n) is 35.0. The van der Waals surface area contributed by atoms with E-state index in [-0.39, 0.29) is 38.3 Å². The van der Waals surface area contributed by atoms with E-state index in [1.165, 1.54) is 161 Å². The van der Waals surface area contributed by atoms with E-state index in [2.05, 4.69) is 45.3 Å². The highest BCUT2D eigenvalue weighted by molar-refractivity contribution is 7.46. The van der Waals surface area contributed by atoms with Crippen molar-refractivity contribution in [2.45, 2.75) is 544 Å². The number of carbonyl (C=O) groups is 6. The standard InChI is InChI=1S/C94H175N2O21P/c1-6-11-16-21-26-31-34-39-46-53-60-67-83(100)111-76(64-57-50-43-37-29-24-19-14-9-4)71-81(98)95-87-89(104)90-80(114-93(87)105)75-110-94-88(96-82(99)72-77(65-58-51-45-42-49-56-63-70-109-90)112-84(101)68-61-54-47-40-35-32-27-22-17-12-7-2)92(91(79(74-97)115-94)117-118(106,107)108)116-86(103)73-78(66-59-52-44-38-30-25-20-15-10-5)113-85(102)69-62-55-48-41-36-33-28-23-18-13-8-3/h76-80,87-94,97,104-105H,6-75H2,1-5H3,(H,95,98)(H,96,99)(H2,106,107,108)/t76-,77-,78-,79-,80-,87-,88-,89-,90?,91-,92-,93-,94?/m1/s1. The lowest BCUT2D eigenvalue weighted by atomic mass is 9.95. The van der Waals surface area contributed by atoms with Gasteiger partial charge in [-0.1, -0.05) is 362 Å². The lowest BCUT2D eigenvalue weighted by Crippen LogP contribution is -2.67. The van der Waals surface area contributed by atoms with Crippen molar-refractivity contribution in [3.8, 4) is 0 Å². The van der Waals surface area contributed by atoms with Gasteiger partial charge in [-0.2, -0.15) is 0 Å². The monoisotopic (exact) mass is 1700 g/mol. The van der Waals surface area contributed by atoms with Crippen LogP contribution in [0.3, 0.4) is 0 Å². The van der Waals surface area contributed by atoms with Crippen molar-refractivity contribution in [1.29, 1.82) is 0 Å². The zero-order chi connectivity index (χ0) is 85.7. The summed E-state index contributed by atoms with van der Waals surface area (Å²) in [6, 6.07) is -3.18. The van der Waals surface area contributed by atoms with Crippen LogP contribution in [0.1, 0.15) is 465 Å². The van der Waals surface area contributed by atoms with Crippen molar-refractivity contribution in [3.05, 3.63) is 0 Å². The van der Waals surface area contributed by atoms with Crippen LogP contribution in [0, 0.1) is 0 Å². The molecule has 692 valence electrons. The second kappa shape index (κ2) is 72.9. The van der Waals surface area contributed by atoms with Crippen molar-refractivity contribution in [2.24, 2.45) is 0 Å². The van der Waals surface area contributed by atoms with Gasteiger partial charge in [-0.3, -0.25) is 33.3 Å². The maximum Gasteiger partial charge on any atom is 0.470 e. The summed E-state index contributed by atoms with van der Waals surface area (Å²) in [5.74, 6) is -3.64. The van der Waals surface area contributed by atoms with Crippen molar-refractivity contribution < 1.29 is 101 Å². The van der Waals surface area contributed by atoms with Gasteiger partial charge < -0.3 is 73.6 Å². The average molecular weight is 1700 g/mol. The number of fused-ring (bicyclic) bond motifs is 2. The first-order valence-corrected chi connectivity index (χ1v) is 50.5. The van der Waals surface area contributed by atoms with E-state index in [4.69, 9.17) is 42.4 Å². The average Bonchev–Trinajstić information content (AvgIpc) is 0.780. The second-order valence-corrected chi connectivity index (χ2v) is 36.1. The Morgan fingerprint density at radius 1 is 0.458 bits per heavy atom. The van der Waals surface area contributed by atoms with Gasteiger partial charge in [-0.05, 0) is 64.2 Å². The summed E-state index contributed by atoms with van der Waals surface area (Å²) in [4.78, 5) is 106. The largest absolute Gasteiger partial charge is 0.470 e. The number of phosphoric acid groups is 1. The van der Waals surface area contributed by atoms with Gasteiger partial charge in [0.15, 0.2) is 18.7 Å². The topological polar surface area (TPSA) is 328 Å². The number of ether oxygens (including phenoxy) is 8. The third-order valence-corrected chi connectivity index (χ3v) is 24.5. The lowest BCUT2D eigenvalue weighted by Gasteiger charge is -2.46. The Bertz CT molecular complexity index is 2510. The third-order valence-electron chi connectivity index (χ3n) is 23.9. The van der Waals surface area contributed by atoms with E-state index >= 15 is 0 Å². The van der Waals surface area contributed by atoms with Crippen molar-refractivity contribution in [1.82, 2.24) is 10.6 Å². The molecule has 23 nitrogen and oxygen atoms in total. The Balaban J connectivity index is 2.02. The Morgan fingerprint density at radius 3 is 1.25 bits per heavy atom. The fourth-order valence-corrected chi connectivity index (χ4v) is 17.3. The highest BCUT2D eigenvalue weighted by Crippen LogP contribution is 2.43. The molecule has 2 amide bonds. The van der Waals surface area contributed by atoms with Crippen LogP contribution in [0.5, 0.6) is 0 Å². The van der Waals surface area contributed by atoms with Crippen LogP contribution < -0.4 is 10.6 Å². The maximum atomic E-state index is 15.0. The molecule has 0 saturated carbocycles. The molecule has 3 heterocycles. The zero-order valence-electron chi connectivity index (χ0n) is 75.2. The van der Waals surface area contributed by atoms with E-state index in [1.807, 2.05) is 0 Å². The summed E-state index contributed by atoms with van der Waals surface area (Å²) < 4.78 is 68.8. The fraction of sp³-hybridized carbons (Fsp3) is 0.936. The minimum atomic E-state index is -5.56. The molecule has 3 saturated heterocycles. The van der Waals surface area contributed by atoms with Crippen LogP contribution in [-0.4, -0.2) is 160 Å². The highest BCUT2D eigenvalue weighted by atomic mass is 31.2. The molecule has 3 fully saturated rings. The van der Waals surface area contributed by atoms with Crippen LogP contribution in [0.2, 0.25) is 0 Å². The molecular weight excluding hydrogens is 1520 g/mol. The molecule has 2 unspecified atom stereocenters. The van der Waals surface area contributed by atoms with Crippen LogP contribution >= 0.6 is 7.82 Å². The first-order chi connectivity index (χ1) is 57.4. The molecule has 0 aromatic carbocycles. The number of hydrogen-bond acceptors (Lipinski definition) is 19. The Hall–Kier alpha value is -3.35. The molecule has 0 aromatic rings. The lowest BCUT2D eigenvalue weighted by molar-refractivity contribution is -0.301. The number of phosphoric ester groups is 1. The summed E-state index contributed by atoms with van der Waals surface area (Å²) in [7, 11) is -5.56. The number of nitrogens with one attached hydrogen (secondary N) is 2. The summed E-state index contributed by atoms with van der Waals surface area (Å²) in [6.45, 7) is 9.56. The van der Waals surface area contributed by atoms with Crippen LogP contribution in [-0.2, 0) is 75.8 Å². The number of carbonyl (C=O) groups excluding carboxylic acids is 6. The first-order valence-electron chi connectivity index (χ1n) is 49.0. The number of rotatable bonds is 68. The van der Waals surface area contributed by atoms with Crippen LogP contribution in [0.15, 0.2) is 0 Å². The number of hydrogen-bond donors (Lipinski definition) is 7. The molecule has 3 rings (SSSR count). The van der Waals surface area contributed by atoms with Gasteiger partial charge in [0.1, 0.15) is 60.9 Å². The first kappa shape index (κ1) is 109. The molecule has 118 heavy (non-hydrogen) atoms. The Kier molecular flexibility index (Phi) is 67.2. The number of amides is 2.